The Kier molecular flexibility index (Phi) is 3.70. The van der Waals surface area contributed by atoms with Gasteiger partial charge in [0.1, 0.15) is 0 Å². The molecule has 0 spiro atoms. The van der Waals surface area contributed by atoms with Crippen LogP contribution in [-0.4, -0.2) is 24.2 Å². The Morgan fingerprint density at radius 3 is 2.32 bits per heavy atom. The number of nitrogens with zero attached hydrogens (tertiary/aromatic N) is 2. The smallest absolute Gasteiger partial charge is 0.258 e. The van der Waals surface area contributed by atoms with Crippen LogP contribution in [0.15, 0.2) is 64.8 Å². The molecule has 2 N–H and O–H groups in total. The maximum absolute atomic E-state index is 12.0. The van der Waals surface area contributed by atoms with Gasteiger partial charge in [0.15, 0.2) is 5.92 Å². The number of carbonyl (C=O) groups excluding carboxylic acids is 2. The zero-order valence-corrected chi connectivity index (χ0v) is 13.1. The molecule has 0 radical (unpaired) electrons. The fraction of sp³-hybridized carbons (Fsp3) is 0.0526. The fourth-order valence-corrected chi connectivity index (χ4v) is 2.92. The molecule has 6 heteroatoms. The van der Waals surface area contributed by atoms with Gasteiger partial charge in [0.2, 0.25) is 0 Å². The lowest BCUT2D eigenvalue weighted by Crippen LogP contribution is -2.34. The second kappa shape index (κ2) is 6.16. The Hall–Kier alpha value is -3.54. The van der Waals surface area contributed by atoms with E-state index in [1.807, 2.05) is 48.5 Å². The molecule has 0 fully saturated rings. The van der Waals surface area contributed by atoms with E-state index >= 15 is 0 Å². The number of amides is 2. The molecular weight excluding hydrogens is 316 g/mol. The molecule has 0 aliphatic carbocycles. The standard InChI is InChI=1S/C19H14N4O2/c24-18(17-11-21-23-19(17)25)22-20-10-16-14-7-3-1-5-12(14)9-13-6-2-4-8-15(13)16/h1-11,17H,(H,22,24)(H,23,25)/b20-10-/t17-/m1/s1. The third-order valence-electron chi connectivity index (χ3n) is 4.14. The predicted molar refractivity (Wildman–Crippen MR) is 97.3 cm³/mol. The molecule has 0 unspecified atom stereocenters. The van der Waals surface area contributed by atoms with Crippen LogP contribution in [-0.2, 0) is 9.59 Å². The van der Waals surface area contributed by atoms with Crippen molar-refractivity contribution in [3.63, 3.8) is 0 Å². The van der Waals surface area contributed by atoms with E-state index in [2.05, 4.69) is 27.1 Å². The second-order valence-electron chi connectivity index (χ2n) is 5.70. The van der Waals surface area contributed by atoms with E-state index in [0.29, 0.717) is 0 Å². The first kappa shape index (κ1) is 15.0. The lowest BCUT2D eigenvalue weighted by Gasteiger charge is -2.08. The van der Waals surface area contributed by atoms with E-state index in [9.17, 15) is 9.59 Å². The molecule has 1 heterocycles. The van der Waals surface area contributed by atoms with Crippen LogP contribution in [0.2, 0.25) is 0 Å². The molecule has 1 aliphatic heterocycles. The minimum Gasteiger partial charge on any atom is -0.272 e. The molecule has 0 saturated carbocycles. The van der Waals surface area contributed by atoms with E-state index in [-0.39, 0.29) is 0 Å². The van der Waals surface area contributed by atoms with E-state index in [0.717, 1.165) is 27.1 Å². The van der Waals surface area contributed by atoms with Crippen molar-refractivity contribution < 1.29 is 9.59 Å². The molecule has 1 aliphatic rings. The van der Waals surface area contributed by atoms with Gasteiger partial charge in [0.25, 0.3) is 11.8 Å². The van der Waals surface area contributed by atoms with E-state index in [4.69, 9.17) is 0 Å². The van der Waals surface area contributed by atoms with Crippen molar-refractivity contribution >= 4 is 45.8 Å². The highest BCUT2D eigenvalue weighted by atomic mass is 16.2. The largest absolute Gasteiger partial charge is 0.272 e. The third kappa shape index (κ3) is 2.74. The average Bonchev–Trinajstić information content (AvgIpc) is 3.07. The summed E-state index contributed by atoms with van der Waals surface area (Å²) in [5.41, 5.74) is 5.55. The first-order valence-corrected chi connectivity index (χ1v) is 7.80. The van der Waals surface area contributed by atoms with Crippen molar-refractivity contribution in [2.75, 3.05) is 0 Å². The van der Waals surface area contributed by atoms with Gasteiger partial charge < -0.3 is 0 Å². The molecule has 122 valence electrons. The summed E-state index contributed by atoms with van der Waals surface area (Å²) in [6, 6.07) is 18.1. The number of benzene rings is 3. The number of hydrazone groups is 2. The molecule has 3 aromatic rings. The van der Waals surface area contributed by atoms with Crippen molar-refractivity contribution in [3.8, 4) is 0 Å². The van der Waals surface area contributed by atoms with Crippen molar-refractivity contribution in [2.45, 2.75) is 0 Å². The Morgan fingerprint density at radius 2 is 1.72 bits per heavy atom. The molecule has 1 atom stereocenters. The molecule has 6 nitrogen and oxygen atoms in total. The van der Waals surface area contributed by atoms with Crippen molar-refractivity contribution in [1.82, 2.24) is 10.9 Å². The monoisotopic (exact) mass is 330 g/mol. The molecule has 0 bridgehead atoms. The summed E-state index contributed by atoms with van der Waals surface area (Å²) in [4.78, 5) is 23.4. The SMILES string of the molecule is O=C1NN=C[C@@H]1C(=O)N/N=C\c1c2ccccc2cc2ccccc12. The van der Waals surface area contributed by atoms with Gasteiger partial charge in [0, 0.05) is 11.8 Å². The maximum Gasteiger partial charge on any atom is 0.258 e. The predicted octanol–water partition coefficient (Wildman–Crippen LogP) is 2.17. The van der Waals surface area contributed by atoms with Crippen LogP contribution in [0.1, 0.15) is 5.56 Å². The summed E-state index contributed by atoms with van der Waals surface area (Å²) < 4.78 is 0. The van der Waals surface area contributed by atoms with Crippen LogP contribution in [0.3, 0.4) is 0 Å². The molecular formula is C19H14N4O2. The van der Waals surface area contributed by atoms with Gasteiger partial charge in [-0.3, -0.25) is 9.59 Å². The van der Waals surface area contributed by atoms with Crippen LogP contribution >= 0.6 is 0 Å². The van der Waals surface area contributed by atoms with E-state index in [1.165, 1.54) is 6.21 Å². The summed E-state index contributed by atoms with van der Waals surface area (Å²) in [6.45, 7) is 0. The van der Waals surface area contributed by atoms with Gasteiger partial charge in [-0.1, -0.05) is 48.5 Å². The van der Waals surface area contributed by atoms with Crippen LogP contribution in [0.4, 0.5) is 0 Å². The Bertz CT molecular complexity index is 1000. The van der Waals surface area contributed by atoms with Gasteiger partial charge in [-0.25, -0.2) is 10.9 Å². The maximum atomic E-state index is 12.0. The van der Waals surface area contributed by atoms with Gasteiger partial charge in [-0.2, -0.15) is 10.2 Å². The lowest BCUT2D eigenvalue weighted by atomic mass is 9.97. The number of hydrogen-bond donors (Lipinski definition) is 2. The van der Waals surface area contributed by atoms with Crippen molar-refractivity contribution in [1.29, 1.82) is 0 Å². The summed E-state index contributed by atoms with van der Waals surface area (Å²) >= 11 is 0. The molecule has 3 aromatic carbocycles. The topological polar surface area (TPSA) is 82.9 Å². The zero-order chi connectivity index (χ0) is 17.2. The number of fused-ring (bicyclic) bond motifs is 2. The van der Waals surface area contributed by atoms with Crippen molar-refractivity contribution in [2.24, 2.45) is 16.1 Å². The average molecular weight is 330 g/mol. The van der Waals surface area contributed by atoms with Gasteiger partial charge >= 0.3 is 0 Å². The minimum absolute atomic E-state index is 0.455. The quantitative estimate of drug-likeness (QED) is 0.334. The summed E-state index contributed by atoms with van der Waals surface area (Å²) in [5, 5.41) is 11.9. The minimum atomic E-state index is -0.943. The number of rotatable bonds is 3. The molecule has 2 amide bonds. The highest BCUT2D eigenvalue weighted by Gasteiger charge is 2.28. The molecule has 4 rings (SSSR count). The number of hydrogen-bond acceptors (Lipinski definition) is 4. The first-order chi connectivity index (χ1) is 12.2. The van der Waals surface area contributed by atoms with Crippen LogP contribution in [0.25, 0.3) is 21.5 Å². The summed E-state index contributed by atoms with van der Waals surface area (Å²) in [6.07, 6.45) is 2.88. The van der Waals surface area contributed by atoms with E-state index in [1.54, 1.807) is 6.21 Å². The Labute approximate surface area is 143 Å². The van der Waals surface area contributed by atoms with Gasteiger partial charge in [-0.05, 0) is 27.6 Å². The third-order valence-corrected chi connectivity index (χ3v) is 4.14. The highest BCUT2D eigenvalue weighted by molar-refractivity contribution is 6.16. The Morgan fingerprint density at radius 1 is 1.08 bits per heavy atom. The van der Waals surface area contributed by atoms with Crippen LogP contribution in [0, 0.1) is 5.92 Å². The molecule has 25 heavy (non-hydrogen) atoms. The highest BCUT2D eigenvalue weighted by Crippen LogP contribution is 2.27. The summed E-state index contributed by atoms with van der Waals surface area (Å²) in [7, 11) is 0. The van der Waals surface area contributed by atoms with Gasteiger partial charge in [0.05, 0.1) is 6.21 Å². The van der Waals surface area contributed by atoms with Crippen LogP contribution in [0.5, 0.6) is 0 Å². The first-order valence-electron chi connectivity index (χ1n) is 7.80. The second-order valence-corrected chi connectivity index (χ2v) is 5.70. The fourth-order valence-electron chi connectivity index (χ4n) is 2.92. The van der Waals surface area contributed by atoms with E-state index < -0.39 is 17.7 Å². The molecule has 0 saturated heterocycles. The zero-order valence-electron chi connectivity index (χ0n) is 13.1. The summed E-state index contributed by atoms with van der Waals surface area (Å²) in [5.74, 6) is -1.91. The lowest BCUT2D eigenvalue weighted by molar-refractivity contribution is -0.131. The van der Waals surface area contributed by atoms with Crippen molar-refractivity contribution in [3.05, 3.63) is 60.2 Å². The van der Waals surface area contributed by atoms with Gasteiger partial charge in [-0.15, -0.1) is 0 Å². The number of carbonyl (C=O) groups is 2. The number of nitrogens with one attached hydrogen (secondary N) is 2. The van der Waals surface area contributed by atoms with Crippen LogP contribution < -0.4 is 10.9 Å². The normalized spacial score (nSPS) is 16.6. The Balaban J connectivity index is 1.71. The molecule has 0 aromatic heterocycles.